The third-order valence-corrected chi connectivity index (χ3v) is 11.7. The topological polar surface area (TPSA) is 121 Å². The lowest BCUT2D eigenvalue weighted by atomic mass is 10.0. The summed E-state index contributed by atoms with van der Waals surface area (Å²) in [6.45, 7) is 8.08. The fraction of sp³-hybridized carbons (Fsp3) is 0.286. The Morgan fingerprint density at radius 3 is 1.35 bits per heavy atom. The highest BCUT2D eigenvalue weighted by atomic mass is 19.4. The molecule has 75 heavy (non-hydrogen) atoms. The van der Waals surface area contributed by atoms with Gasteiger partial charge in [0, 0.05) is 25.3 Å². The van der Waals surface area contributed by atoms with Crippen molar-refractivity contribution in [1.82, 2.24) is 0 Å². The number of alkyl halides is 6. The van der Waals surface area contributed by atoms with E-state index in [1.54, 1.807) is 30.3 Å². The maximum Gasteiger partial charge on any atom is 0.573 e. The number of halogens is 8. The molecule has 1 heterocycles. The van der Waals surface area contributed by atoms with Gasteiger partial charge in [0.15, 0.2) is 23.1 Å². The summed E-state index contributed by atoms with van der Waals surface area (Å²) < 4.78 is 147. The van der Waals surface area contributed by atoms with Gasteiger partial charge in [-0.15, -0.1) is 32.9 Å². The molecule has 1 aliphatic heterocycles. The normalized spacial score (nSPS) is 13.8. The van der Waals surface area contributed by atoms with Gasteiger partial charge in [-0.2, -0.15) is 0 Å². The lowest BCUT2D eigenvalue weighted by Crippen LogP contribution is -2.18. The quantitative estimate of drug-likeness (QED) is 0.0161. The van der Waals surface area contributed by atoms with Crippen molar-refractivity contribution >= 4 is 11.9 Å². The van der Waals surface area contributed by atoms with E-state index in [0.29, 0.717) is 64.6 Å². The van der Waals surface area contributed by atoms with Crippen LogP contribution in [0.2, 0.25) is 0 Å². The lowest BCUT2D eigenvalue weighted by Gasteiger charge is -2.11. The first kappa shape index (κ1) is 53.8. The molecule has 6 aromatic carbocycles. The number of esters is 2. The zero-order chi connectivity index (χ0) is 53.1. The van der Waals surface area contributed by atoms with Crippen molar-refractivity contribution in [3.8, 4) is 56.8 Å². The Hall–Kier alpha value is -7.48. The van der Waals surface area contributed by atoms with E-state index in [4.69, 9.17) is 33.2 Å². The van der Waals surface area contributed by atoms with E-state index in [-0.39, 0.29) is 28.7 Å². The lowest BCUT2D eigenvalue weighted by molar-refractivity contribution is -0.276. The summed E-state index contributed by atoms with van der Waals surface area (Å²) in [7, 11) is 0. The Kier molecular flexibility index (Phi) is 17.4. The Morgan fingerprint density at radius 2 is 0.933 bits per heavy atom. The molecule has 0 bridgehead atoms. The van der Waals surface area contributed by atoms with Gasteiger partial charge in [0.1, 0.15) is 29.1 Å². The summed E-state index contributed by atoms with van der Waals surface area (Å²) in [6, 6.07) is 26.8. The zero-order valence-electron chi connectivity index (χ0n) is 40.0. The van der Waals surface area contributed by atoms with E-state index in [0.717, 1.165) is 113 Å². The predicted octanol–water partition coefficient (Wildman–Crippen LogP) is 13.0. The molecule has 394 valence electrons. The first-order chi connectivity index (χ1) is 36.0. The van der Waals surface area contributed by atoms with Crippen LogP contribution < -0.4 is 28.4 Å². The predicted molar refractivity (Wildman–Crippen MR) is 256 cm³/mol. The molecule has 1 fully saturated rings. The highest BCUT2D eigenvalue weighted by molar-refractivity contribution is 5.94. The van der Waals surface area contributed by atoms with Crippen molar-refractivity contribution in [2.24, 2.45) is 0 Å². The van der Waals surface area contributed by atoms with E-state index >= 15 is 0 Å². The van der Waals surface area contributed by atoms with Crippen molar-refractivity contribution in [2.75, 3.05) is 46.2 Å². The van der Waals surface area contributed by atoms with Gasteiger partial charge < -0.3 is 42.6 Å². The second-order valence-corrected chi connectivity index (χ2v) is 17.3. The third kappa shape index (κ3) is 15.3. The fourth-order valence-corrected chi connectivity index (χ4v) is 8.18. The van der Waals surface area contributed by atoms with Crippen LogP contribution in [0.4, 0.5) is 35.1 Å². The number of hydrogen-bond acceptors (Lipinski definition) is 11. The molecule has 0 aromatic heterocycles. The third-order valence-electron chi connectivity index (χ3n) is 11.7. The number of rotatable bonds is 22. The van der Waals surface area contributed by atoms with Crippen molar-refractivity contribution in [1.29, 1.82) is 0 Å². The highest BCUT2D eigenvalue weighted by Gasteiger charge is 2.34. The van der Waals surface area contributed by atoms with Crippen molar-refractivity contribution < 1.29 is 87.3 Å². The van der Waals surface area contributed by atoms with E-state index in [1.807, 2.05) is 48.5 Å². The molecule has 1 saturated heterocycles. The number of carbonyl (C=O) groups excluding carboxylic acids is 2. The number of epoxide rings is 1. The van der Waals surface area contributed by atoms with Gasteiger partial charge in [0.05, 0.1) is 44.2 Å². The fourth-order valence-electron chi connectivity index (χ4n) is 8.18. The summed E-state index contributed by atoms with van der Waals surface area (Å²) in [6.07, 6.45) is -3.36. The van der Waals surface area contributed by atoms with Crippen LogP contribution in [0.15, 0.2) is 122 Å². The largest absolute Gasteiger partial charge is 0.573 e. The van der Waals surface area contributed by atoms with Gasteiger partial charge in [-0.25, -0.2) is 18.4 Å². The minimum atomic E-state index is -5.03. The van der Waals surface area contributed by atoms with Crippen molar-refractivity contribution in [3.05, 3.63) is 167 Å². The number of carbonyl (C=O) groups is 2. The van der Waals surface area contributed by atoms with Crippen LogP contribution in [0.25, 0.3) is 22.3 Å². The van der Waals surface area contributed by atoms with Crippen LogP contribution in [-0.2, 0) is 27.1 Å². The number of ether oxygens (including phenoxy) is 9. The van der Waals surface area contributed by atoms with Crippen LogP contribution in [0.5, 0.6) is 34.5 Å². The van der Waals surface area contributed by atoms with Crippen molar-refractivity contribution in [2.45, 2.75) is 57.4 Å². The summed E-state index contributed by atoms with van der Waals surface area (Å²) in [4.78, 5) is 25.2. The molecular formula is C56H48F8O11. The van der Waals surface area contributed by atoms with Crippen LogP contribution in [-0.4, -0.2) is 77.0 Å². The molecule has 0 N–H and O–H groups in total. The van der Waals surface area contributed by atoms with Crippen LogP contribution in [0.3, 0.4) is 0 Å². The Balaban J connectivity index is 0.000000199. The van der Waals surface area contributed by atoms with Gasteiger partial charge in [0.25, 0.3) is 0 Å². The summed E-state index contributed by atoms with van der Waals surface area (Å²) in [5.74, 6) is -5.09. The molecule has 19 heteroatoms. The van der Waals surface area contributed by atoms with Gasteiger partial charge in [-0.05, 0) is 156 Å². The van der Waals surface area contributed by atoms with E-state index in [9.17, 15) is 44.7 Å². The van der Waals surface area contributed by atoms with E-state index < -0.39 is 47.8 Å². The molecule has 0 radical (unpaired) electrons. The van der Waals surface area contributed by atoms with Crippen LogP contribution in [0.1, 0.15) is 68.7 Å². The van der Waals surface area contributed by atoms with Gasteiger partial charge in [0.2, 0.25) is 0 Å². The standard InChI is InChI=1S/C28H24F4O6.C28H24F4O5/c29-25-14-21(5-8-26(25)38-28(30,31)32)37-27(33)17-3-6-23-18(11-17)12-19-13-20(4-7-24(19)23)35-10-2-1-9-34-15-22-16-36-22;1-2-11-34-12-3-4-13-35-21-6-9-24-20(16-21)15-19-14-18(5-8-23(19)24)27(33)36-22-7-10-26(25(29)17-22)37-28(30,31)32/h3-8,11,13-14,22H,1-2,9-10,12,15-16H2;2,5-10,14,16-17H,1,3-4,11-13,15H2. The van der Waals surface area contributed by atoms with Crippen LogP contribution >= 0.6 is 0 Å². The number of unbranched alkanes of at least 4 members (excludes halogenated alkanes) is 2. The zero-order valence-corrected chi connectivity index (χ0v) is 40.0. The SMILES string of the molecule is C=CCOCCCCOc1ccc2c(c1)Cc1cc(C(=O)Oc3ccc(OC(F)(F)F)c(F)c3)ccc1-2.O=C(Oc1ccc(OC(F)(F)F)c(F)c1)c1ccc2c(c1)Cc1cc(OCCCCOCC3CO3)ccc1-2. The molecule has 0 spiro atoms. The Morgan fingerprint density at radius 1 is 0.533 bits per heavy atom. The van der Waals surface area contributed by atoms with Gasteiger partial charge in [-0.3, -0.25) is 0 Å². The first-order valence-corrected chi connectivity index (χ1v) is 23.7. The molecule has 3 aliphatic rings. The average molecular weight is 1050 g/mol. The molecule has 1 unspecified atom stereocenters. The minimum absolute atomic E-state index is 0.234. The van der Waals surface area contributed by atoms with E-state index in [1.165, 1.54) is 0 Å². The molecule has 0 saturated carbocycles. The maximum atomic E-state index is 13.9. The molecule has 11 nitrogen and oxygen atoms in total. The van der Waals surface area contributed by atoms with Gasteiger partial charge in [-0.1, -0.05) is 30.3 Å². The summed E-state index contributed by atoms with van der Waals surface area (Å²) >= 11 is 0. The summed E-state index contributed by atoms with van der Waals surface area (Å²) in [5.41, 5.74) is 8.50. The average Bonchev–Trinajstić information content (AvgIpc) is 4.02. The summed E-state index contributed by atoms with van der Waals surface area (Å²) in [5, 5.41) is 0. The van der Waals surface area contributed by atoms with Crippen LogP contribution in [0, 0.1) is 11.6 Å². The maximum absolute atomic E-state index is 13.9. The number of hydrogen-bond donors (Lipinski definition) is 0. The number of fused-ring (bicyclic) bond motifs is 6. The smallest absolute Gasteiger partial charge is 0.494 e. The second kappa shape index (κ2) is 24.2. The minimum Gasteiger partial charge on any atom is -0.494 e. The first-order valence-electron chi connectivity index (χ1n) is 23.7. The van der Waals surface area contributed by atoms with E-state index in [2.05, 4.69) is 16.1 Å². The molecule has 1 atom stereocenters. The molecule has 6 aromatic rings. The monoisotopic (exact) mass is 1050 g/mol. The van der Waals surface area contributed by atoms with Gasteiger partial charge >= 0.3 is 24.7 Å². The molecule has 0 amide bonds. The number of benzene rings is 6. The molecular weight excluding hydrogens is 1000 g/mol. The molecule has 9 rings (SSSR count). The molecule has 2 aliphatic carbocycles. The Labute approximate surface area is 425 Å². The highest BCUT2D eigenvalue weighted by Crippen LogP contribution is 2.41. The van der Waals surface area contributed by atoms with Crippen molar-refractivity contribution in [3.63, 3.8) is 0 Å². The second-order valence-electron chi connectivity index (χ2n) is 17.3. The Bertz CT molecular complexity index is 3010.